The van der Waals surface area contributed by atoms with Crippen molar-refractivity contribution in [3.05, 3.63) is 18.3 Å². The number of hydrogen-bond acceptors (Lipinski definition) is 5. The van der Waals surface area contributed by atoms with E-state index in [2.05, 4.69) is 15.2 Å². The fraction of sp³-hybridized carbons (Fsp3) is 0.500. The molecule has 16 heavy (non-hydrogen) atoms. The van der Waals surface area contributed by atoms with Crippen molar-refractivity contribution in [2.75, 3.05) is 37.3 Å². The van der Waals surface area contributed by atoms with Crippen LogP contribution < -0.4 is 10.2 Å². The predicted molar refractivity (Wildman–Crippen MR) is 62.4 cm³/mol. The van der Waals surface area contributed by atoms with Crippen LogP contribution in [-0.2, 0) is 9.84 Å². The molecule has 0 bridgehead atoms. The summed E-state index contributed by atoms with van der Waals surface area (Å²) in [6, 6.07) is 3.58. The molecule has 88 valence electrons. The Morgan fingerprint density at radius 3 is 2.69 bits per heavy atom. The van der Waals surface area contributed by atoms with Gasteiger partial charge in [-0.3, -0.25) is 0 Å². The third-order valence-electron chi connectivity index (χ3n) is 2.56. The smallest absolute Gasteiger partial charge is 0.194 e. The maximum atomic E-state index is 11.6. The van der Waals surface area contributed by atoms with Crippen molar-refractivity contribution < 1.29 is 8.42 Å². The molecule has 5 nitrogen and oxygen atoms in total. The summed E-state index contributed by atoms with van der Waals surface area (Å²) in [7, 11) is -3.26. The lowest BCUT2D eigenvalue weighted by Gasteiger charge is -2.30. The molecule has 1 aromatic heterocycles. The molecular weight excluding hydrogens is 226 g/mol. The molecule has 0 unspecified atom stereocenters. The Kier molecular flexibility index (Phi) is 3.11. The number of pyridine rings is 1. The van der Waals surface area contributed by atoms with Gasteiger partial charge in [-0.1, -0.05) is 0 Å². The molecule has 2 rings (SSSR count). The molecular formula is C10H15N3O2S. The fourth-order valence-electron chi connectivity index (χ4n) is 1.81. The number of nitrogens with one attached hydrogen (secondary N) is 1. The maximum Gasteiger partial charge on any atom is 0.194 e. The monoisotopic (exact) mass is 241 g/mol. The van der Waals surface area contributed by atoms with Crippen LogP contribution in [0.4, 0.5) is 5.69 Å². The molecule has 1 saturated heterocycles. The van der Waals surface area contributed by atoms with E-state index in [-0.39, 0.29) is 5.03 Å². The average Bonchev–Trinajstić information content (AvgIpc) is 2.29. The fourth-order valence-corrected chi connectivity index (χ4v) is 2.64. The largest absolute Gasteiger partial charge is 0.367 e. The van der Waals surface area contributed by atoms with E-state index in [1.54, 1.807) is 6.07 Å². The minimum absolute atomic E-state index is 0.178. The molecule has 0 aromatic carbocycles. The number of rotatable bonds is 2. The van der Waals surface area contributed by atoms with Gasteiger partial charge in [0.2, 0.25) is 0 Å². The highest BCUT2D eigenvalue weighted by molar-refractivity contribution is 7.90. The first-order valence-electron chi connectivity index (χ1n) is 5.20. The molecule has 1 N–H and O–H groups in total. The van der Waals surface area contributed by atoms with Crippen molar-refractivity contribution in [3.63, 3.8) is 0 Å². The van der Waals surface area contributed by atoms with Gasteiger partial charge in [0.1, 0.15) is 0 Å². The second-order valence-corrected chi connectivity index (χ2v) is 5.77. The van der Waals surface area contributed by atoms with E-state index >= 15 is 0 Å². The number of aromatic nitrogens is 1. The van der Waals surface area contributed by atoms with Crippen LogP contribution in [0.15, 0.2) is 23.4 Å². The summed E-state index contributed by atoms with van der Waals surface area (Å²) >= 11 is 0. The van der Waals surface area contributed by atoms with Crippen LogP contribution in [0.25, 0.3) is 0 Å². The molecule has 1 aromatic rings. The van der Waals surface area contributed by atoms with Gasteiger partial charge in [0.25, 0.3) is 0 Å². The third-order valence-corrected chi connectivity index (χ3v) is 3.58. The highest BCUT2D eigenvalue weighted by atomic mass is 32.2. The summed E-state index contributed by atoms with van der Waals surface area (Å²) in [5.74, 6) is 0. The van der Waals surface area contributed by atoms with Gasteiger partial charge in [0.05, 0.1) is 5.69 Å². The predicted octanol–water partition coefficient (Wildman–Crippen LogP) is -0.105. The molecule has 1 aliphatic rings. The number of piperazine rings is 1. The Labute approximate surface area is 95.4 Å². The molecule has 2 heterocycles. The highest BCUT2D eigenvalue weighted by Crippen LogP contribution is 2.22. The van der Waals surface area contributed by atoms with E-state index in [1.807, 2.05) is 6.07 Å². The van der Waals surface area contributed by atoms with E-state index < -0.39 is 9.84 Å². The van der Waals surface area contributed by atoms with Crippen LogP contribution in [0.2, 0.25) is 0 Å². The van der Waals surface area contributed by atoms with Gasteiger partial charge < -0.3 is 10.2 Å². The standard InChI is InChI=1S/C10H15N3O2S/c1-16(14,15)10-9(3-2-4-12-10)13-7-5-11-6-8-13/h2-4,11H,5-8H2,1H3. The number of hydrogen-bond donors (Lipinski definition) is 1. The Balaban J connectivity index is 2.40. The van der Waals surface area contributed by atoms with E-state index in [1.165, 1.54) is 12.5 Å². The Bertz CT molecular complexity index is 467. The molecule has 6 heteroatoms. The Morgan fingerprint density at radius 2 is 2.06 bits per heavy atom. The molecule has 0 aliphatic carbocycles. The first-order valence-corrected chi connectivity index (χ1v) is 7.09. The average molecular weight is 241 g/mol. The van der Waals surface area contributed by atoms with Crippen molar-refractivity contribution >= 4 is 15.5 Å². The maximum absolute atomic E-state index is 11.6. The van der Waals surface area contributed by atoms with Crippen molar-refractivity contribution in [2.45, 2.75) is 5.03 Å². The Hall–Kier alpha value is -1.14. The van der Waals surface area contributed by atoms with Gasteiger partial charge in [-0.2, -0.15) is 0 Å². The number of sulfone groups is 1. The van der Waals surface area contributed by atoms with E-state index in [9.17, 15) is 8.42 Å². The lowest BCUT2D eigenvalue weighted by Crippen LogP contribution is -2.44. The van der Waals surface area contributed by atoms with Crippen molar-refractivity contribution in [1.29, 1.82) is 0 Å². The Morgan fingerprint density at radius 1 is 1.38 bits per heavy atom. The summed E-state index contributed by atoms with van der Waals surface area (Å²) in [6.07, 6.45) is 2.71. The van der Waals surface area contributed by atoms with E-state index in [4.69, 9.17) is 0 Å². The summed E-state index contributed by atoms with van der Waals surface area (Å²) in [5.41, 5.74) is 0.714. The van der Waals surface area contributed by atoms with Crippen LogP contribution in [0.5, 0.6) is 0 Å². The van der Waals surface area contributed by atoms with Crippen LogP contribution >= 0.6 is 0 Å². The topological polar surface area (TPSA) is 62.3 Å². The van der Waals surface area contributed by atoms with Crippen molar-refractivity contribution in [3.8, 4) is 0 Å². The lowest BCUT2D eigenvalue weighted by atomic mass is 10.3. The minimum atomic E-state index is -3.26. The second-order valence-electron chi connectivity index (χ2n) is 3.84. The minimum Gasteiger partial charge on any atom is -0.367 e. The zero-order chi connectivity index (χ0) is 11.6. The van der Waals surface area contributed by atoms with Gasteiger partial charge >= 0.3 is 0 Å². The van der Waals surface area contributed by atoms with Gasteiger partial charge in [0.15, 0.2) is 14.9 Å². The van der Waals surface area contributed by atoms with E-state index in [0.29, 0.717) is 5.69 Å². The quantitative estimate of drug-likeness (QED) is 0.783. The molecule has 0 spiro atoms. The summed E-state index contributed by atoms with van der Waals surface area (Å²) < 4.78 is 23.2. The SMILES string of the molecule is CS(=O)(=O)c1ncccc1N1CCNCC1. The van der Waals surface area contributed by atoms with Crippen LogP contribution in [-0.4, -0.2) is 45.8 Å². The van der Waals surface area contributed by atoms with Crippen LogP contribution in [0.1, 0.15) is 0 Å². The first-order chi connectivity index (χ1) is 7.59. The zero-order valence-electron chi connectivity index (χ0n) is 9.18. The lowest BCUT2D eigenvalue weighted by molar-refractivity contribution is 0.578. The molecule has 0 amide bonds. The first kappa shape index (κ1) is 11.3. The summed E-state index contributed by atoms with van der Waals surface area (Å²) in [5, 5.41) is 3.41. The second kappa shape index (κ2) is 4.39. The molecule has 0 atom stereocenters. The van der Waals surface area contributed by atoms with Gasteiger partial charge in [0, 0.05) is 38.6 Å². The molecule has 1 fully saturated rings. The normalized spacial score (nSPS) is 17.4. The zero-order valence-corrected chi connectivity index (χ0v) is 10.00. The van der Waals surface area contributed by atoms with Crippen molar-refractivity contribution in [1.82, 2.24) is 10.3 Å². The summed E-state index contributed by atoms with van der Waals surface area (Å²) in [6.45, 7) is 3.37. The van der Waals surface area contributed by atoms with Gasteiger partial charge in [-0.15, -0.1) is 0 Å². The number of nitrogens with zero attached hydrogens (tertiary/aromatic N) is 2. The molecule has 1 aliphatic heterocycles. The molecule has 0 radical (unpaired) electrons. The van der Waals surface area contributed by atoms with Gasteiger partial charge in [-0.25, -0.2) is 13.4 Å². The highest BCUT2D eigenvalue weighted by Gasteiger charge is 2.20. The molecule has 0 saturated carbocycles. The third kappa shape index (κ3) is 2.33. The van der Waals surface area contributed by atoms with Crippen LogP contribution in [0, 0.1) is 0 Å². The van der Waals surface area contributed by atoms with E-state index in [0.717, 1.165) is 26.2 Å². The summed E-state index contributed by atoms with van der Waals surface area (Å²) in [4.78, 5) is 6.03. The van der Waals surface area contributed by atoms with Crippen molar-refractivity contribution in [2.24, 2.45) is 0 Å². The number of anilines is 1. The van der Waals surface area contributed by atoms with Crippen LogP contribution in [0.3, 0.4) is 0 Å². The van der Waals surface area contributed by atoms with Gasteiger partial charge in [-0.05, 0) is 12.1 Å².